The second-order valence-corrected chi connectivity index (χ2v) is 3.46. The minimum absolute atomic E-state index is 0.0544. The summed E-state index contributed by atoms with van der Waals surface area (Å²) in [6.45, 7) is 0. The maximum Gasteiger partial charge on any atom is 0.357 e. The highest BCUT2D eigenvalue weighted by Gasteiger charge is 2.20. The first-order valence-corrected chi connectivity index (χ1v) is 5.35. The molecule has 7 heteroatoms. The summed E-state index contributed by atoms with van der Waals surface area (Å²) in [6, 6.07) is 1.15. The topological polar surface area (TPSA) is 65.2 Å². The Labute approximate surface area is 98.9 Å². The second-order valence-electron chi connectivity index (χ2n) is 2.90. The molecule has 88 valence electrons. The summed E-state index contributed by atoms with van der Waals surface area (Å²) in [5.74, 6) is -1.07. The average molecular weight is 295 g/mol. The van der Waals surface area contributed by atoms with Gasteiger partial charge in [0.05, 0.1) is 12.7 Å². The van der Waals surface area contributed by atoms with E-state index in [9.17, 15) is 13.6 Å². The summed E-state index contributed by atoms with van der Waals surface area (Å²) in [5, 5.41) is 0.213. The Hall–Kier alpha value is -1.24. The molecule has 1 aromatic heterocycles. The number of nitrogens with two attached hydrogens (primary N) is 1. The third-order valence-corrected chi connectivity index (χ3v) is 2.52. The number of halogens is 3. The van der Waals surface area contributed by atoms with Gasteiger partial charge in [0, 0.05) is 5.33 Å². The molecule has 1 rings (SSSR count). The van der Waals surface area contributed by atoms with Crippen molar-refractivity contribution in [1.29, 1.82) is 0 Å². The van der Waals surface area contributed by atoms with E-state index in [1.807, 2.05) is 0 Å². The third kappa shape index (κ3) is 2.46. The maximum absolute atomic E-state index is 12.5. The number of pyridine rings is 1. The molecule has 0 bridgehead atoms. The van der Waals surface area contributed by atoms with Gasteiger partial charge in [0.1, 0.15) is 5.82 Å². The van der Waals surface area contributed by atoms with Gasteiger partial charge in [-0.25, -0.2) is 18.6 Å². The minimum atomic E-state index is -2.73. The molecule has 0 aliphatic heterocycles. The van der Waals surface area contributed by atoms with Crippen molar-refractivity contribution in [2.24, 2.45) is 0 Å². The summed E-state index contributed by atoms with van der Waals surface area (Å²) in [4.78, 5) is 14.9. The monoisotopic (exact) mass is 294 g/mol. The van der Waals surface area contributed by atoms with E-state index in [2.05, 4.69) is 25.7 Å². The molecule has 0 spiro atoms. The molecule has 16 heavy (non-hydrogen) atoms. The normalized spacial score (nSPS) is 10.6. The SMILES string of the molecule is COC(=O)c1nc(N)c(C(F)F)cc1CBr. The molecular weight excluding hydrogens is 286 g/mol. The molecule has 0 atom stereocenters. The predicted octanol–water partition coefficient (Wildman–Crippen LogP) is 2.28. The van der Waals surface area contributed by atoms with Gasteiger partial charge in [-0.15, -0.1) is 0 Å². The van der Waals surface area contributed by atoms with Crippen LogP contribution in [0.25, 0.3) is 0 Å². The van der Waals surface area contributed by atoms with Gasteiger partial charge in [-0.05, 0) is 11.6 Å². The van der Waals surface area contributed by atoms with Gasteiger partial charge in [0.2, 0.25) is 0 Å². The van der Waals surface area contributed by atoms with E-state index in [-0.39, 0.29) is 22.4 Å². The molecule has 4 nitrogen and oxygen atoms in total. The van der Waals surface area contributed by atoms with Crippen LogP contribution in [0.1, 0.15) is 28.0 Å². The quantitative estimate of drug-likeness (QED) is 0.686. The Bertz CT molecular complexity index is 413. The van der Waals surface area contributed by atoms with E-state index < -0.39 is 12.4 Å². The Kier molecular flexibility index (Phi) is 4.17. The van der Waals surface area contributed by atoms with Crippen molar-refractivity contribution in [3.63, 3.8) is 0 Å². The number of carbonyl (C=O) groups excluding carboxylic acids is 1. The number of carbonyl (C=O) groups is 1. The van der Waals surface area contributed by atoms with Gasteiger partial charge in [-0.1, -0.05) is 15.9 Å². The molecule has 0 saturated heterocycles. The first-order valence-electron chi connectivity index (χ1n) is 4.23. The largest absolute Gasteiger partial charge is 0.464 e. The van der Waals surface area contributed by atoms with Crippen LogP contribution in [0.5, 0.6) is 0 Å². The summed E-state index contributed by atoms with van der Waals surface area (Å²) in [5.41, 5.74) is 5.20. The van der Waals surface area contributed by atoms with Crippen LogP contribution in [0.3, 0.4) is 0 Å². The van der Waals surface area contributed by atoms with Gasteiger partial charge in [0.15, 0.2) is 5.69 Å². The zero-order valence-electron chi connectivity index (χ0n) is 8.34. The Morgan fingerprint density at radius 2 is 2.31 bits per heavy atom. The van der Waals surface area contributed by atoms with Crippen molar-refractivity contribution in [3.05, 3.63) is 22.9 Å². The highest BCUT2D eigenvalue weighted by molar-refractivity contribution is 9.08. The van der Waals surface area contributed by atoms with Gasteiger partial charge < -0.3 is 10.5 Å². The molecular formula is C9H9BrF2N2O2. The molecule has 1 aromatic rings. The number of ether oxygens (including phenoxy) is 1. The van der Waals surface area contributed by atoms with Crippen LogP contribution < -0.4 is 5.73 Å². The van der Waals surface area contributed by atoms with Crippen LogP contribution in [-0.2, 0) is 10.1 Å². The number of hydrogen-bond donors (Lipinski definition) is 1. The van der Waals surface area contributed by atoms with Crippen molar-refractivity contribution in [2.75, 3.05) is 12.8 Å². The predicted molar refractivity (Wildman–Crippen MR) is 57.6 cm³/mol. The fraction of sp³-hybridized carbons (Fsp3) is 0.333. The van der Waals surface area contributed by atoms with Crippen molar-refractivity contribution >= 4 is 27.7 Å². The fourth-order valence-electron chi connectivity index (χ4n) is 1.14. The number of nitrogen functional groups attached to an aromatic ring is 1. The molecule has 0 aliphatic carbocycles. The van der Waals surface area contributed by atoms with E-state index >= 15 is 0 Å². The van der Waals surface area contributed by atoms with Crippen molar-refractivity contribution in [3.8, 4) is 0 Å². The van der Waals surface area contributed by atoms with Crippen LogP contribution in [0, 0.1) is 0 Å². The lowest BCUT2D eigenvalue weighted by Crippen LogP contribution is -2.11. The van der Waals surface area contributed by atoms with Gasteiger partial charge in [0.25, 0.3) is 6.43 Å². The van der Waals surface area contributed by atoms with Crippen LogP contribution in [-0.4, -0.2) is 18.1 Å². The average Bonchev–Trinajstić information content (AvgIpc) is 2.27. The molecule has 0 unspecified atom stereocenters. The molecule has 2 N–H and O–H groups in total. The lowest BCUT2D eigenvalue weighted by Gasteiger charge is -2.09. The Morgan fingerprint density at radius 1 is 1.69 bits per heavy atom. The standard InChI is InChI=1S/C9H9BrF2N2O2/c1-16-9(15)6-4(3-10)2-5(7(11)12)8(13)14-6/h2,7H,3H2,1H3,(H2,13,14). The van der Waals surface area contributed by atoms with E-state index in [0.717, 1.165) is 6.07 Å². The van der Waals surface area contributed by atoms with Gasteiger partial charge in [-0.3, -0.25) is 0 Å². The maximum atomic E-state index is 12.5. The number of esters is 1. The third-order valence-electron chi connectivity index (χ3n) is 1.92. The van der Waals surface area contributed by atoms with Crippen LogP contribution >= 0.6 is 15.9 Å². The number of anilines is 1. The number of rotatable bonds is 3. The van der Waals surface area contributed by atoms with E-state index in [4.69, 9.17) is 5.73 Å². The molecule has 0 aliphatic rings. The van der Waals surface area contributed by atoms with Crippen LogP contribution in [0.4, 0.5) is 14.6 Å². The van der Waals surface area contributed by atoms with E-state index in [1.165, 1.54) is 7.11 Å². The molecule has 0 fully saturated rings. The molecule has 0 aromatic carbocycles. The van der Waals surface area contributed by atoms with E-state index in [0.29, 0.717) is 5.56 Å². The molecule has 0 saturated carbocycles. The molecule has 1 heterocycles. The Balaban J connectivity index is 3.32. The molecule has 0 amide bonds. The zero-order valence-corrected chi connectivity index (χ0v) is 9.92. The number of nitrogens with zero attached hydrogens (tertiary/aromatic N) is 1. The first-order chi connectivity index (χ1) is 7.51. The first kappa shape index (κ1) is 12.8. The fourth-order valence-corrected chi connectivity index (χ4v) is 1.56. The van der Waals surface area contributed by atoms with Crippen molar-refractivity contribution in [1.82, 2.24) is 4.98 Å². The minimum Gasteiger partial charge on any atom is -0.464 e. The Morgan fingerprint density at radius 3 is 2.75 bits per heavy atom. The highest BCUT2D eigenvalue weighted by atomic mass is 79.9. The van der Waals surface area contributed by atoms with Crippen LogP contribution in [0.15, 0.2) is 6.07 Å². The van der Waals surface area contributed by atoms with E-state index in [1.54, 1.807) is 0 Å². The number of methoxy groups -OCH3 is 1. The summed E-state index contributed by atoms with van der Waals surface area (Å²) in [6.07, 6.45) is -2.73. The number of alkyl halides is 3. The summed E-state index contributed by atoms with van der Waals surface area (Å²) < 4.78 is 29.5. The molecule has 0 radical (unpaired) electrons. The lowest BCUT2D eigenvalue weighted by atomic mass is 10.1. The highest BCUT2D eigenvalue weighted by Crippen LogP contribution is 2.27. The zero-order chi connectivity index (χ0) is 12.3. The van der Waals surface area contributed by atoms with Crippen LogP contribution in [0.2, 0.25) is 0 Å². The van der Waals surface area contributed by atoms with Crippen molar-refractivity contribution in [2.45, 2.75) is 11.8 Å². The number of aromatic nitrogens is 1. The van der Waals surface area contributed by atoms with Gasteiger partial charge in [-0.2, -0.15) is 0 Å². The number of hydrogen-bond acceptors (Lipinski definition) is 4. The second kappa shape index (κ2) is 5.20. The summed E-state index contributed by atoms with van der Waals surface area (Å²) >= 11 is 3.08. The summed E-state index contributed by atoms with van der Waals surface area (Å²) in [7, 11) is 1.18. The van der Waals surface area contributed by atoms with Crippen molar-refractivity contribution < 1.29 is 18.3 Å². The van der Waals surface area contributed by atoms with Gasteiger partial charge >= 0.3 is 5.97 Å². The smallest absolute Gasteiger partial charge is 0.357 e. The lowest BCUT2D eigenvalue weighted by molar-refractivity contribution is 0.0592.